The molecule has 3 saturated carbocycles. The number of carboxylic acid groups (broad SMARTS) is 1. The molecular formula is C25H43N3O3S. The zero-order chi connectivity index (χ0) is 22.5. The molecule has 7 heteroatoms. The molecule has 1 saturated heterocycles. The fraction of sp³-hybridized carbons (Fsp3) is 0.920. The third kappa shape index (κ3) is 5.82. The lowest BCUT2D eigenvalue weighted by Gasteiger charge is -2.41. The minimum atomic E-state index is -0.656. The summed E-state index contributed by atoms with van der Waals surface area (Å²) in [6, 6.07) is 0.487. The van der Waals surface area contributed by atoms with Crippen LogP contribution < -0.4 is 16.4 Å². The highest BCUT2D eigenvalue weighted by atomic mass is 32.2. The molecule has 6 nitrogen and oxygen atoms in total. The zero-order valence-corrected chi connectivity index (χ0v) is 20.3. The van der Waals surface area contributed by atoms with Crippen molar-refractivity contribution in [2.45, 2.75) is 95.0 Å². The monoisotopic (exact) mass is 465 g/mol. The Labute approximate surface area is 197 Å². The number of nitrogens with one attached hydrogen (secondary N) is 2. The van der Waals surface area contributed by atoms with Gasteiger partial charge in [0.25, 0.3) is 0 Å². The lowest BCUT2D eigenvalue weighted by atomic mass is 9.64. The van der Waals surface area contributed by atoms with Crippen LogP contribution in [0.2, 0.25) is 0 Å². The van der Waals surface area contributed by atoms with Crippen molar-refractivity contribution in [2.75, 3.05) is 12.3 Å². The topological polar surface area (TPSA) is 104 Å². The van der Waals surface area contributed by atoms with Crippen molar-refractivity contribution in [1.29, 1.82) is 0 Å². The number of hydrogen-bond donors (Lipinski definition) is 4. The lowest BCUT2D eigenvalue weighted by molar-refractivity contribution is -0.148. The van der Waals surface area contributed by atoms with Crippen molar-refractivity contribution in [3.8, 4) is 0 Å². The Morgan fingerprint density at radius 3 is 2.19 bits per heavy atom. The molecule has 32 heavy (non-hydrogen) atoms. The first kappa shape index (κ1) is 24.3. The van der Waals surface area contributed by atoms with Crippen molar-refractivity contribution < 1.29 is 14.7 Å². The standard InChI is InChI=1S/C25H43N3O3S/c26-14-13-16-9-11-17(12-10-16)22-15-32-25(27-22)28-23(29)20-7-3-1-5-18(20)19-6-2-4-8-21(19)24(30)31/h16-22,25,27H,1-15,26H2,(H,28,29)(H,30,31). The van der Waals surface area contributed by atoms with Gasteiger partial charge >= 0.3 is 5.97 Å². The van der Waals surface area contributed by atoms with Gasteiger partial charge in [-0.15, -0.1) is 11.8 Å². The van der Waals surface area contributed by atoms with Gasteiger partial charge in [0, 0.05) is 17.7 Å². The van der Waals surface area contributed by atoms with E-state index >= 15 is 0 Å². The van der Waals surface area contributed by atoms with Gasteiger partial charge in [0.05, 0.1) is 5.92 Å². The molecular weight excluding hydrogens is 422 g/mol. The second kappa shape index (κ2) is 11.6. The van der Waals surface area contributed by atoms with Crippen LogP contribution >= 0.6 is 11.8 Å². The second-order valence-electron chi connectivity index (χ2n) is 10.8. The minimum absolute atomic E-state index is 0.00142. The molecule has 1 aliphatic heterocycles. The van der Waals surface area contributed by atoms with Crippen molar-refractivity contribution in [3.05, 3.63) is 0 Å². The van der Waals surface area contributed by atoms with Crippen LogP contribution in [0.3, 0.4) is 0 Å². The highest BCUT2D eigenvalue weighted by Crippen LogP contribution is 2.45. The number of carbonyl (C=O) groups excluding carboxylic acids is 1. The van der Waals surface area contributed by atoms with E-state index in [9.17, 15) is 14.7 Å². The van der Waals surface area contributed by atoms with Crippen LogP contribution in [-0.4, -0.2) is 40.8 Å². The second-order valence-corrected chi connectivity index (χ2v) is 11.9. The normalized spacial score (nSPS) is 40.7. The molecule has 0 radical (unpaired) electrons. The molecule has 0 aromatic rings. The zero-order valence-electron chi connectivity index (χ0n) is 19.5. The van der Waals surface area contributed by atoms with Gasteiger partial charge < -0.3 is 16.2 Å². The molecule has 4 rings (SSSR count). The summed E-state index contributed by atoms with van der Waals surface area (Å²) in [7, 11) is 0. The first-order chi connectivity index (χ1) is 15.6. The van der Waals surface area contributed by atoms with Crippen molar-refractivity contribution in [1.82, 2.24) is 10.6 Å². The van der Waals surface area contributed by atoms with Crippen molar-refractivity contribution in [2.24, 2.45) is 41.2 Å². The smallest absolute Gasteiger partial charge is 0.306 e. The fourth-order valence-corrected chi connectivity index (χ4v) is 8.41. The molecule has 3 aliphatic carbocycles. The molecule has 6 atom stereocenters. The summed E-state index contributed by atoms with van der Waals surface area (Å²) in [6.07, 6.45) is 14.3. The average molecular weight is 466 g/mol. The van der Waals surface area contributed by atoms with Crippen LogP contribution in [0.1, 0.15) is 83.5 Å². The molecule has 4 aliphatic rings. The summed E-state index contributed by atoms with van der Waals surface area (Å²) in [5, 5.41) is 16.8. The van der Waals surface area contributed by atoms with Crippen molar-refractivity contribution in [3.63, 3.8) is 0 Å². The van der Waals surface area contributed by atoms with E-state index in [1.165, 1.54) is 25.7 Å². The first-order valence-corrected chi connectivity index (χ1v) is 14.2. The van der Waals surface area contributed by atoms with E-state index in [1.807, 2.05) is 11.8 Å². The third-order valence-corrected chi connectivity index (χ3v) is 10.1. The van der Waals surface area contributed by atoms with Crippen LogP contribution in [-0.2, 0) is 9.59 Å². The van der Waals surface area contributed by atoms with Gasteiger partial charge in [-0.25, -0.2) is 0 Å². The largest absolute Gasteiger partial charge is 0.481 e. The molecule has 0 spiro atoms. The van der Waals surface area contributed by atoms with E-state index in [4.69, 9.17) is 5.73 Å². The Morgan fingerprint density at radius 1 is 0.906 bits per heavy atom. The fourth-order valence-electron chi connectivity index (χ4n) is 7.17. The maximum Gasteiger partial charge on any atom is 0.306 e. The Morgan fingerprint density at radius 2 is 1.53 bits per heavy atom. The molecule has 5 N–H and O–H groups in total. The number of carboxylic acids is 1. The Kier molecular flexibility index (Phi) is 8.80. The molecule has 4 fully saturated rings. The van der Waals surface area contributed by atoms with E-state index in [1.54, 1.807) is 0 Å². The summed E-state index contributed by atoms with van der Waals surface area (Å²) >= 11 is 1.83. The van der Waals surface area contributed by atoms with E-state index in [0.717, 1.165) is 76.0 Å². The molecule has 0 aromatic heterocycles. The van der Waals surface area contributed by atoms with Crippen molar-refractivity contribution >= 4 is 23.6 Å². The van der Waals surface area contributed by atoms with E-state index in [0.29, 0.717) is 12.0 Å². The highest BCUT2D eigenvalue weighted by Gasteiger charge is 2.43. The Bertz CT molecular complexity index is 640. The van der Waals surface area contributed by atoms with E-state index in [-0.39, 0.29) is 35.1 Å². The molecule has 6 unspecified atom stereocenters. The summed E-state index contributed by atoms with van der Waals surface area (Å²) in [5.74, 6) is 2.18. The van der Waals surface area contributed by atoms with Gasteiger partial charge in [-0.3, -0.25) is 14.9 Å². The summed E-state index contributed by atoms with van der Waals surface area (Å²) in [4.78, 5) is 25.2. The third-order valence-electron chi connectivity index (χ3n) is 8.96. The summed E-state index contributed by atoms with van der Waals surface area (Å²) in [6.45, 7) is 0.803. The van der Waals surface area contributed by atoms with Crippen LogP contribution in [0.15, 0.2) is 0 Å². The van der Waals surface area contributed by atoms with Crippen LogP contribution in [0, 0.1) is 35.5 Å². The van der Waals surface area contributed by atoms with Crippen LogP contribution in [0.25, 0.3) is 0 Å². The van der Waals surface area contributed by atoms with E-state index in [2.05, 4.69) is 10.6 Å². The first-order valence-electron chi connectivity index (χ1n) is 13.2. The number of hydrogen-bond acceptors (Lipinski definition) is 5. The van der Waals surface area contributed by atoms with E-state index < -0.39 is 5.97 Å². The SMILES string of the molecule is NCCC1CCC(C2CSC(NC(=O)C3CCCCC3C3CCCCC3C(=O)O)N2)CC1. The molecule has 182 valence electrons. The average Bonchev–Trinajstić information content (AvgIpc) is 3.28. The highest BCUT2D eigenvalue weighted by molar-refractivity contribution is 8.00. The lowest BCUT2D eigenvalue weighted by Crippen LogP contribution is -2.50. The van der Waals surface area contributed by atoms with Crippen LogP contribution in [0.5, 0.6) is 0 Å². The van der Waals surface area contributed by atoms with Gasteiger partial charge in [-0.2, -0.15) is 0 Å². The maximum absolute atomic E-state index is 13.4. The minimum Gasteiger partial charge on any atom is -0.481 e. The van der Waals surface area contributed by atoms with Gasteiger partial charge in [-0.1, -0.05) is 38.5 Å². The predicted octanol–water partition coefficient (Wildman–Crippen LogP) is 3.94. The molecule has 1 heterocycles. The van der Waals surface area contributed by atoms with Gasteiger partial charge in [0.1, 0.15) is 5.50 Å². The molecule has 0 aromatic carbocycles. The number of rotatable bonds is 7. The Balaban J connectivity index is 1.30. The quantitative estimate of drug-likeness (QED) is 0.454. The number of aliphatic carboxylic acids is 1. The van der Waals surface area contributed by atoms with Gasteiger partial charge in [-0.05, 0) is 75.2 Å². The van der Waals surface area contributed by atoms with Crippen LogP contribution in [0.4, 0.5) is 0 Å². The number of amides is 1. The Hall–Kier alpha value is -0.790. The molecule has 0 bridgehead atoms. The summed E-state index contributed by atoms with van der Waals surface area (Å²) in [5.41, 5.74) is 5.74. The number of nitrogens with two attached hydrogens (primary N) is 1. The van der Waals surface area contributed by atoms with Gasteiger partial charge in [0.15, 0.2) is 0 Å². The maximum atomic E-state index is 13.4. The summed E-state index contributed by atoms with van der Waals surface area (Å²) < 4.78 is 0. The number of carbonyl (C=O) groups is 2. The molecule has 1 amide bonds. The predicted molar refractivity (Wildman–Crippen MR) is 129 cm³/mol. The van der Waals surface area contributed by atoms with Gasteiger partial charge in [0.2, 0.25) is 5.91 Å². The number of thioether (sulfide) groups is 1.